The van der Waals surface area contributed by atoms with Crippen molar-refractivity contribution in [1.82, 2.24) is 0 Å². The van der Waals surface area contributed by atoms with Crippen LogP contribution in [0.1, 0.15) is 25.3 Å². The number of rotatable bonds is 10. The number of aliphatic hydroxyl groups is 1. The second-order valence-electron chi connectivity index (χ2n) is 5.00. The number of ether oxygens (including phenoxy) is 3. The summed E-state index contributed by atoms with van der Waals surface area (Å²) in [6.45, 7) is 3.67. The van der Waals surface area contributed by atoms with E-state index in [1.54, 1.807) is 14.2 Å². The molecule has 0 spiro atoms. The summed E-state index contributed by atoms with van der Waals surface area (Å²) in [4.78, 5) is 0. The van der Waals surface area contributed by atoms with Crippen LogP contribution in [0.25, 0.3) is 0 Å². The Morgan fingerprint density at radius 2 is 1.95 bits per heavy atom. The van der Waals surface area contributed by atoms with Gasteiger partial charge in [0.15, 0.2) is 11.5 Å². The Labute approximate surface area is 121 Å². The minimum Gasteiger partial charge on any atom is -0.493 e. The molecule has 1 unspecified atom stereocenters. The van der Waals surface area contributed by atoms with Crippen molar-refractivity contribution in [3.63, 3.8) is 0 Å². The molecule has 0 aliphatic rings. The number of hydrogen-bond donors (Lipinski definition) is 1. The molecule has 1 atom stereocenters. The molecule has 114 valence electrons. The van der Waals surface area contributed by atoms with Crippen LogP contribution < -0.4 is 9.47 Å². The van der Waals surface area contributed by atoms with Crippen LogP contribution in [0.15, 0.2) is 18.2 Å². The van der Waals surface area contributed by atoms with Gasteiger partial charge in [-0.05, 0) is 36.5 Å². The van der Waals surface area contributed by atoms with Gasteiger partial charge in [-0.1, -0.05) is 13.0 Å². The maximum Gasteiger partial charge on any atom is 0.161 e. The molecule has 4 heteroatoms. The Morgan fingerprint density at radius 1 is 1.15 bits per heavy atom. The Morgan fingerprint density at radius 3 is 2.60 bits per heavy atom. The Balaban J connectivity index is 2.64. The quantitative estimate of drug-likeness (QED) is 0.670. The third-order valence-electron chi connectivity index (χ3n) is 3.18. The molecule has 0 saturated heterocycles. The van der Waals surface area contributed by atoms with E-state index >= 15 is 0 Å². The summed E-state index contributed by atoms with van der Waals surface area (Å²) in [5, 5.41) is 8.96. The molecule has 0 aromatic heterocycles. The molecular formula is C16H26O4. The largest absolute Gasteiger partial charge is 0.493 e. The van der Waals surface area contributed by atoms with Gasteiger partial charge in [0.05, 0.1) is 13.7 Å². The molecule has 0 heterocycles. The van der Waals surface area contributed by atoms with E-state index in [1.165, 1.54) is 5.56 Å². The standard InChI is InChI=1S/C16H26O4/c1-13(7-8-17)11-14-5-6-15(19-3)16(12-14)20-10-4-9-18-2/h5-6,12-13,17H,4,7-11H2,1-3H3. The molecule has 0 fully saturated rings. The lowest BCUT2D eigenvalue weighted by Crippen LogP contribution is -2.05. The van der Waals surface area contributed by atoms with E-state index in [2.05, 4.69) is 13.0 Å². The number of aliphatic hydroxyl groups excluding tert-OH is 1. The second kappa shape index (κ2) is 9.61. The highest BCUT2D eigenvalue weighted by molar-refractivity contribution is 5.43. The van der Waals surface area contributed by atoms with Crippen molar-refractivity contribution in [2.45, 2.75) is 26.2 Å². The van der Waals surface area contributed by atoms with E-state index in [-0.39, 0.29) is 6.61 Å². The molecule has 0 amide bonds. The van der Waals surface area contributed by atoms with Crippen LogP contribution in [-0.2, 0) is 11.2 Å². The Kier molecular flexibility index (Phi) is 8.07. The van der Waals surface area contributed by atoms with Gasteiger partial charge in [-0.25, -0.2) is 0 Å². The van der Waals surface area contributed by atoms with Gasteiger partial charge in [-0.3, -0.25) is 0 Å². The lowest BCUT2D eigenvalue weighted by atomic mass is 9.98. The molecule has 0 aliphatic carbocycles. The van der Waals surface area contributed by atoms with E-state index in [9.17, 15) is 0 Å². The van der Waals surface area contributed by atoms with E-state index < -0.39 is 0 Å². The maximum absolute atomic E-state index is 8.96. The molecule has 1 N–H and O–H groups in total. The van der Waals surface area contributed by atoms with Crippen LogP contribution in [-0.4, -0.2) is 39.1 Å². The summed E-state index contributed by atoms with van der Waals surface area (Å²) in [5.74, 6) is 1.98. The Hall–Kier alpha value is -1.26. The molecule has 4 nitrogen and oxygen atoms in total. The van der Waals surface area contributed by atoms with E-state index in [0.717, 1.165) is 30.8 Å². The van der Waals surface area contributed by atoms with E-state index in [4.69, 9.17) is 19.3 Å². The van der Waals surface area contributed by atoms with Crippen LogP contribution in [0.4, 0.5) is 0 Å². The third-order valence-corrected chi connectivity index (χ3v) is 3.18. The number of hydrogen-bond acceptors (Lipinski definition) is 4. The van der Waals surface area contributed by atoms with Gasteiger partial charge >= 0.3 is 0 Å². The van der Waals surface area contributed by atoms with Crippen molar-refractivity contribution in [2.75, 3.05) is 34.0 Å². The molecule has 0 bridgehead atoms. The predicted octanol–water partition coefficient (Wildman–Crippen LogP) is 2.67. The van der Waals surface area contributed by atoms with Crippen molar-refractivity contribution >= 4 is 0 Å². The zero-order valence-electron chi connectivity index (χ0n) is 12.7. The molecular weight excluding hydrogens is 256 g/mol. The predicted molar refractivity (Wildman–Crippen MR) is 79.6 cm³/mol. The van der Waals surface area contributed by atoms with E-state index in [0.29, 0.717) is 19.1 Å². The summed E-state index contributed by atoms with van der Waals surface area (Å²) in [7, 11) is 3.33. The first kappa shape index (κ1) is 16.8. The highest BCUT2D eigenvalue weighted by atomic mass is 16.5. The number of benzene rings is 1. The van der Waals surface area contributed by atoms with Crippen LogP contribution in [0, 0.1) is 5.92 Å². The first-order chi connectivity index (χ1) is 9.71. The van der Waals surface area contributed by atoms with Gasteiger partial charge in [0.25, 0.3) is 0 Å². The highest BCUT2D eigenvalue weighted by Crippen LogP contribution is 2.29. The molecule has 20 heavy (non-hydrogen) atoms. The lowest BCUT2D eigenvalue weighted by molar-refractivity contribution is 0.170. The van der Waals surface area contributed by atoms with Gasteiger partial charge in [0, 0.05) is 26.7 Å². The molecule has 1 aromatic carbocycles. The molecule has 1 rings (SSSR count). The van der Waals surface area contributed by atoms with Crippen LogP contribution in [0.3, 0.4) is 0 Å². The fourth-order valence-corrected chi connectivity index (χ4v) is 2.07. The van der Waals surface area contributed by atoms with Gasteiger partial charge in [-0.15, -0.1) is 0 Å². The monoisotopic (exact) mass is 282 g/mol. The fourth-order valence-electron chi connectivity index (χ4n) is 2.07. The zero-order valence-corrected chi connectivity index (χ0v) is 12.7. The van der Waals surface area contributed by atoms with Gasteiger partial charge in [0.1, 0.15) is 0 Å². The topological polar surface area (TPSA) is 47.9 Å². The summed E-state index contributed by atoms with van der Waals surface area (Å²) >= 11 is 0. The van der Waals surface area contributed by atoms with Crippen LogP contribution in [0.5, 0.6) is 11.5 Å². The summed E-state index contributed by atoms with van der Waals surface area (Å²) in [6.07, 6.45) is 2.60. The fraction of sp³-hybridized carbons (Fsp3) is 0.625. The SMILES string of the molecule is COCCCOc1cc(CC(C)CCO)ccc1OC. The average Bonchev–Trinajstić information content (AvgIpc) is 2.44. The van der Waals surface area contributed by atoms with Crippen molar-refractivity contribution in [2.24, 2.45) is 5.92 Å². The van der Waals surface area contributed by atoms with Crippen molar-refractivity contribution in [3.8, 4) is 11.5 Å². The van der Waals surface area contributed by atoms with Crippen molar-refractivity contribution in [1.29, 1.82) is 0 Å². The van der Waals surface area contributed by atoms with E-state index in [1.807, 2.05) is 12.1 Å². The summed E-state index contributed by atoms with van der Waals surface area (Å²) in [5.41, 5.74) is 1.20. The molecule has 0 saturated carbocycles. The highest BCUT2D eigenvalue weighted by Gasteiger charge is 2.08. The van der Waals surface area contributed by atoms with Crippen molar-refractivity contribution in [3.05, 3.63) is 23.8 Å². The van der Waals surface area contributed by atoms with Gasteiger partial charge in [0.2, 0.25) is 0 Å². The maximum atomic E-state index is 8.96. The number of methoxy groups -OCH3 is 2. The Bertz CT molecular complexity index is 379. The van der Waals surface area contributed by atoms with Crippen LogP contribution >= 0.6 is 0 Å². The second-order valence-corrected chi connectivity index (χ2v) is 5.00. The molecule has 0 aliphatic heterocycles. The van der Waals surface area contributed by atoms with Gasteiger partial charge < -0.3 is 19.3 Å². The average molecular weight is 282 g/mol. The first-order valence-electron chi connectivity index (χ1n) is 7.10. The van der Waals surface area contributed by atoms with Crippen molar-refractivity contribution < 1.29 is 19.3 Å². The minimum atomic E-state index is 0.234. The third kappa shape index (κ3) is 5.80. The van der Waals surface area contributed by atoms with Crippen LogP contribution in [0.2, 0.25) is 0 Å². The minimum absolute atomic E-state index is 0.234. The van der Waals surface area contributed by atoms with Gasteiger partial charge in [-0.2, -0.15) is 0 Å². The smallest absolute Gasteiger partial charge is 0.161 e. The molecule has 0 radical (unpaired) electrons. The summed E-state index contributed by atoms with van der Waals surface area (Å²) in [6, 6.07) is 6.01. The lowest BCUT2D eigenvalue weighted by Gasteiger charge is -2.14. The first-order valence-corrected chi connectivity index (χ1v) is 7.10. The normalized spacial score (nSPS) is 12.2. The zero-order chi connectivity index (χ0) is 14.8. The molecule has 1 aromatic rings. The summed E-state index contributed by atoms with van der Waals surface area (Å²) < 4.78 is 16.1.